The van der Waals surface area contributed by atoms with Crippen LogP contribution in [0.1, 0.15) is 64.2 Å². The molecule has 0 aromatic rings. The molecule has 178 valence electrons. The van der Waals surface area contributed by atoms with Gasteiger partial charge in [0.2, 0.25) is 0 Å². The molecule has 0 bridgehead atoms. The minimum atomic E-state index is 0.298. The van der Waals surface area contributed by atoms with Gasteiger partial charge in [-0.1, -0.05) is 60.8 Å². The second kappa shape index (κ2) is 8.84. The third-order valence-electron chi connectivity index (χ3n) is 9.56. The van der Waals surface area contributed by atoms with Crippen molar-refractivity contribution in [1.29, 1.82) is 0 Å². The number of nitrogens with zero attached hydrogens (tertiary/aromatic N) is 2. The number of hydrogen-bond donors (Lipinski definition) is 1. The first-order chi connectivity index (χ1) is 16.9. The van der Waals surface area contributed by atoms with Crippen molar-refractivity contribution in [2.45, 2.75) is 94.7 Å². The molecule has 7 atom stereocenters. The summed E-state index contributed by atoms with van der Waals surface area (Å²) in [5, 5.41) is 4.04. The van der Waals surface area contributed by atoms with E-state index in [1.54, 1.807) is 16.8 Å². The molecule has 34 heavy (non-hydrogen) atoms. The number of hydrogen-bond acceptors (Lipinski definition) is 3. The molecule has 2 aliphatic heterocycles. The maximum absolute atomic E-state index is 4.04. The van der Waals surface area contributed by atoms with Crippen LogP contribution in [0.25, 0.3) is 0 Å². The predicted octanol–water partition coefficient (Wildman–Crippen LogP) is 6.13. The van der Waals surface area contributed by atoms with Crippen molar-refractivity contribution in [1.82, 2.24) is 15.1 Å². The maximum atomic E-state index is 4.04. The van der Waals surface area contributed by atoms with Crippen LogP contribution in [0.3, 0.4) is 0 Å². The molecule has 2 saturated heterocycles. The summed E-state index contributed by atoms with van der Waals surface area (Å²) < 4.78 is 0. The first-order valence-electron chi connectivity index (χ1n) is 14.0. The Morgan fingerprint density at radius 2 is 1.85 bits per heavy atom. The molecule has 5 aliphatic carbocycles. The topological polar surface area (TPSA) is 18.5 Å². The summed E-state index contributed by atoms with van der Waals surface area (Å²) >= 11 is 0. The van der Waals surface area contributed by atoms with Crippen LogP contribution in [0.15, 0.2) is 83.7 Å². The Kier molecular flexibility index (Phi) is 5.51. The van der Waals surface area contributed by atoms with Crippen LogP contribution in [0.4, 0.5) is 0 Å². The van der Waals surface area contributed by atoms with Crippen molar-refractivity contribution >= 4 is 0 Å². The summed E-state index contributed by atoms with van der Waals surface area (Å²) in [5.41, 5.74) is 4.91. The van der Waals surface area contributed by atoms with E-state index in [0.717, 1.165) is 18.3 Å². The summed E-state index contributed by atoms with van der Waals surface area (Å²) in [6, 6.07) is 1.88. The van der Waals surface area contributed by atoms with Crippen LogP contribution < -0.4 is 5.32 Å². The van der Waals surface area contributed by atoms with E-state index in [1.165, 1.54) is 57.8 Å². The summed E-state index contributed by atoms with van der Waals surface area (Å²) in [5.74, 6) is 1.65. The average molecular weight is 454 g/mol. The smallest absolute Gasteiger partial charge is 0.139 e. The van der Waals surface area contributed by atoms with Gasteiger partial charge in [0, 0.05) is 11.7 Å². The van der Waals surface area contributed by atoms with Crippen LogP contribution in [0, 0.1) is 11.8 Å². The van der Waals surface area contributed by atoms with Crippen molar-refractivity contribution in [2.24, 2.45) is 11.8 Å². The van der Waals surface area contributed by atoms with Crippen molar-refractivity contribution < 1.29 is 0 Å². The van der Waals surface area contributed by atoms with Gasteiger partial charge in [-0.25, -0.2) is 0 Å². The fourth-order valence-electron chi connectivity index (χ4n) is 7.92. The van der Waals surface area contributed by atoms with Crippen LogP contribution in [0.2, 0.25) is 0 Å². The molecule has 0 aromatic heterocycles. The minimum Gasteiger partial charge on any atom is -0.339 e. The second-order valence-corrected chi connectivity index (χ2v) is 11.4. The van der Waals surface area contributed by atoms with E-state index in [9.17, 15) is 0 Å². The van der Waals surface area contributed by atoms with Gasteiger partial charge in [-0.2, -0.15) is 0 Å². The highest BCUT2D eigenvalue weighted by Gasteiger charge is 2.54. The third-order valence-corrected chi connectivity index (χ3v) is 9.56. The molecular formula is C31H39N3. The van der Waals surface area contributed by atoms with Crippen molar-refractivity contribution in [3.05, 3.63) is 83.7 Å². The Morgan fingerprint density at radius 3 is 2.74 bits per heavy atom. The van der Waals surface area contributed by atoms with E-state index in [-0.39, 0.29) is 0 Å². The highest BCUT2D eigenvalue weighted by atomic mass is 15.6. The second-order valence-electron chi connectivity index (χ2n) is 11.4. The SMILES string of the molecule is C1=CCC2C(=C1)N(C1C=C(C3=CCCCC3)CC(C3CC=CCC3)C1)C1NC3C=CC=CC3N21. The van der Waals surface area contributed by atoms with Crippen molar-refractivity contribution in [3.63, 3.8) is 0 Å². The summed E-state index contributed by atoms with van der Waals surface area (Å²) in [6.07, 6.45) is 39.8. The lowest BCUT2D eigenvalue weighted by Gasteiger charge is -2.42. The standard InChI is InChI=1S/C31H39N3/c1-3-11-22(12-4-1)24-19-25(23-13-5-2-6-14-23)21-26(20-24)33-29-17-9-10-18-30(29)34-28-16-8-7-15-27(28)32-31(33)34/h1,3,7-10,13,15-17,21-22,24,26-28,30-32H,2,4-6,11-12,14,18-20H2. The Bertz CT molecular complexity index is 1020. The van der Waals surface area contributed by atoms with E-state index in [1.807, 2.05) is 0 Å². The Hall–Kier alpha value is -2.10. The van der Waals surface area contributed by atoms with Crippen LogP contribution in [0.5, 0.6) is 0 Å². The molecule has 1 N–H and O–H groups in total. The first-order valence-corrected chi connectivity index (χ1v) is 14.0. The van der Waals surface area contributed by atoms with Gasteiger partial charge >= 0.3 is 0 Å². The zero-order chi connectivity index (χ0) is 22.5. The monoisotopic (exact) mass is 453 g/mol. The number of nitrogens with one attached hydrogen (secondary N) is 1. The quantitative estimate of drug-likeness (QED) is 0.519. The van der Waals surface area contributed by atoms with Gasteiger partial charge in [0.1, 0.15) is 6.29 Å². The van der Waals surface area contributed by atoms with Gasteiger partial charge in [-0.15, -0.1) is 0 Å². The van der Waals surface area contributed by atoms with E-state index in [2.05, 4.69) is 82.0 Å². The summed E-state index contributed by atoms with van der Waals surface area (Å²) in [6.45, 7) is 0. The van der Waals surface area contributed by atoms with Gasteiger partial charge in [0.25, 0.3) is 0 Å². The zero-order valence-corrected chi connectivity index (χ0v) is 20.4. The van der Waals surface area contributed by atoms with Crippen molar-refractivity contribution in [3.8, 4) is 0 Å². The van der Waals surface area contributed by atoms with Crippen molar-refractivity contribution in [2.75, 3.05) is 0 Å². The molecule has 7 rings (SSSR count). The number of rotatable bonds is 3. The fourth-order valence-corrected chi connectivity index (χ4v) is 7.92. The fraction of sp³-hybridized carbons (Fsp3) is 0.548. The summed E-state index contributed by atoms with van der Waals surface area (Å²) in [7, 11) is 0. The molecule has 7 unspecified atom stereocenters. The molecule has 2 heterocycles. The van der Waals surface area contributed by atoms with E-state index < -0.39 is 0 Å². The lowest BCUT2D eigenvalue weighted by atomic mass is 9.71. The molecule has 7 aliphatic rings. The van der Waals surface area contributed by atoms with Gasteiger partial charge in [0.05, 0.1) is 18.1 Å². The summed E-state index contributed by atoms with van der Waals surface area (Å²) in [4.78, 5) is 5.59. The van der Waals surface area contributed by atoms with Gasteiger partial charge in [-0.05, 0) is 93.3 Å². The molecular weight excluding hydrogens is 414 g/mol. The molecule has 0 amide bonds. The molecule has 0 spiro atoms. The largest absolute Gasteiger partial charge is 0.339 e. The molecule has 3 heteroatoms. The zero-order valence-electron chi connectivity index (χ0n) is 20.4. The molecule has 2 fully saturated rings. The Balaban J connectivity index is 1.26. The highest BCUT2D eigenvalue weighted by molar-refractivity contribution is 5.39. The lowest BCUT2D eigenvalue weighted by molar-refractivity contribution is 0.100. The van der Waals surface area contributed by atoms with Crippen LogP contribution >= 0.6 is 0 Å². The van der Waals surface area contributed by atoms with Gasteiger partial charge < -0.3 is 4.90 Å². The molecule has 0 radical (unpaired) electrons. The Labute approximate surface area is 205 Å². The molecule has 0 aromatic carbocycles. The van der Waals surface area contributed by atoms with Gasteiger partial charge in [0.15, 0.2) is 0 Å². The molecule has 3 nitrogen and oxygen atoms in total. The van der Waals surface area contributed by atoms with E-state index in [0.29, 0.717) is 30.5 Å². The first kappa shape index (κ1) is 21.2. The molecule has 0 saturated carbocycles. The lowest BCUT2D eigenvalue weighted by Crippen LogP contribution is -2.49. The maximum Gasteiger partial charge on any atom is 0.139 e. The van der Waals surface area contributed by atoms with E-state index >= 15 is 0 Å². The minimum absolute atomic E-state index is 0.298. The average Bonchev–Trinajstić information content (AvgIpc) is 3.44. The Morgan fingerprint density at radius 1 is 0.882 bits per heavy atom. The van der Waals surface area contributed by atoms with E-state index in [4.69, 9.17) is 0 Å². The van der Waals surface area contributed by atoms with Crippen LogP contribution in [-0.2, 0) is 0 Å². The highest BCUT2D eigenvalue weighted by Crippen LogP contribution is 2.47. The predicted molar refractivity (Wildman–Crippen MR) is 140 cm³/mol. The third kappa shape index (κ3) is 3.55. The number of fused-ring (bicyclic) bond motifs is 5. The normalized spacial score (nSPS) is 41.0. The van der Waals surface area contributed by atoms with Crippen LogP contribution in [-0.4, -0.2) is 40.3 Å². The van der Waals surface area contributed by atoms with Gasteiger partial charge in [-0.3, -0.25) is 10.2 Å². The number of allylic oxidation sites excluding steroid dienone is 9.